The summed E-state index contributed by atoms with van der Waals surface area (Å²) in [4.78, 5) is 10.6. The number of carboxylic acid groups (broad SMARTS) is 1. The van der Waals surface area contributed by atoms with Gasteiger partial charge < -0.3 is 9.84 Å². The van der Waals surface area contributed by atoms with Crippen molar-refractivity contribution >= 4 is 24.4 Å². The van der Waals surface area contributed by atoms with E-state index in [-0.39, 0.29) is 5.41 Å². The fourth-order valence-corrected chi connectivity index (χ4v) is 2.84. The minimum absolute atomic E-state index is 0.0646. The van der Waals surface area contributed by atoms with Crippen LogP contribution in [0.25, 0.3) is 11.4 Å². The summed E-state index contributed by atoms with van der Waals surface area (Å²) >= 11 is 5.31. The lowest BCUT2D eigenvalue weighted by atomic mass is 9.87. The van der Waals surface area contributed by atoms with E-state index >= 15 is 0 Å². The number of aromatic nitrogens is 3. The van der Waals surface area contributed by atoms with Crippen LogP contribution in [0.2, 0.25) is 0 Å². The zero-order valence-corrected chi connectivity index (χ0v) is 17.2. The topological polar surface area (TPSA) is 92.5 Å². The number of rotatable bonds is 6. The van der Waals surface area contributed by atoms with Crippen molar-refractivity contribution in [1.82, 2.24) is 14.9 Å². The largest absolute Gasteiger partial charge is 0.482 e. The summed E-state index contributed by atoms with van der Waals surface area (Å²) in [6.45, 7) is 6.09. The first kappa shape index (κ1) is 20.5. The Balaban J connectivity index is 1.86. The van der Waals surface area contributed by atoms with Crippen molar-refractivity contribution in [2.45, 2.75) is 26.2 Å². The average Bonchev–Trinajstić information content (AvgIpc) is 3.05. The van der Waals surface area contributed by atoms with Crippen LogP contribution in [0.15, 0.2) is 53.6 Å². The number of aromatic amines is 1. The highest BCUT2D eigenvalue weighted by atomic mass is 32.1. The van der Waals surface area contributed by atoms with Crippen molar-refractivity contribution in [3.8, 4) is 17.1 Å². The minimum Gasteiger partial charge on any atom is -0.482 e. The maximum atomic E-state index is 10.6. The molecule has 0 aliphatic rings. The SMILES string of the molecule is CC(C)(C)c1ccc(-c2n[nH]c(=S)n2/N=C\c2cccc(OCC(=O)O)c2)cc1. The number of ether oxygens (including phenoxy) is 1. The standard InChI is InChI=1S/C21H22N4O3S/c1-21(2,3)16-9-7-15(8-10-16)19-23-24-20(29)25(19)22-12-14-5-4-6-17(11-14)28-13-18(26)27/h4-12H,13H2,1-3H3,(H,24,29)(H,26,27)/b22-12-. The maximum absolute atomic E-state index is 10.6. The Hall–Kier alpha value is -3.26. The third kappa shape index (κ3) is 5.17. The normalized spacial score (nSPS) is 11.7. The van der Waals surface area contributed by atoms with Crippen molar-refractivity contribution < 1.29 is 14.6 Å². The molecule has 0 unspecified atom stereocenters. The van der Waals surface area contributed by atoms with Crippen molar-refractivity contribution in [3.05, 3.63) is 64.4 Å². The molecular weight excluding hydrogens is 388 g/mol. The van der Waals surface area contributed by atoms with E-state index in [0.29, 0.717) is 16.3 Å². The van der Waals surface area contributed by atoms with Gasteiger partial charge in [0.05, 0.1) is 6.21 Å². The van der Waals surface area contributed by atoms with E-state index in [0.717, 1.165) is 11.1 Å². The van der Waals surface area contributed by atoms with E-state index < -0.39 is 12.6 Å². The highest BCUT2D eigenvalue weighted by Crippen LogP contribution is 2.25. The third-order valence-electron chi connectivity index (χ3n) is 4.20. The Morgan fingerprint density at radius 1 is 1.28 bits per heavy atom. The molecule has 1 heterocycles. The summed E-state index contributed by atoms with van der Waals surface area (Å²) in [6.07, 6.45) is 1.62. The monoisotopic (exact) mass is 410 g/mol. The van der Waals surface area contributed by atoms with Gasteiger partial charge >= 0.3 is 5.97 Å². The Morgan fingerprint density at radius 3 is 2.66 bits per heavy atom. The second-order valence-corrected chi connectivity index (χ2v) is 7.88. The van der Waals surface area contributed by atoms with Crippen LogP contribution in [0.1, 0.15) is 31.9 Å². The van der Waals surface area contributed by atoms with Gasteiger partial charge in [-0.2, -0.15) is 14.9 Å². The van der Waals surface area contributed by atoms with Crippen LogP contribution in [0, 0.1) is 4.77 Å². The summed E-state index contributed by atoms with van der Waals surface area (Å²) in [7, 11) is 0. The van der Waals surface area contributed by atoms with E-state index in [2.05, 4.69) is 48.2 Å². The molecule has 150 valence electrons. The summed E-state index contributed by atoms with van der Waals surface area (Å²) in [5.74, 6) is 0.0195. The molecule has 7 nitrogen and oxygen atoms in total. The smallest absolute Gasteiger partial charge is 0.341 e. The maximum Gasteiger partial charge on any atom is 0.341 e. The van der Waals surface area contributed by atoms with Crippen LogP contribution in [0.5, 0.6) is 5.75 Å². The number of carboxylic acids is 1. The van der Waals surface area contributed by atoms with Gasteiger partial charge in [0, 0.05) is 5.56 Å². The fraction of sp³-hybridized carbons (Fsp3) is 0.238. The highest BCUT2D eigenvalue weighted by Gasteiger charge is 2.14. The molecule has 3 rings (SSSR count). The molecule has 3 aromatic rings. The van der Waals surface area contributed by atoms with Crippen molar-refractivity contribution in [1.29, 1.82) is 0 Å². The number of H-pyrrole nitrogens is 1. The van der Waals surface area contributed by atoms with Crippen LogP contribution < -0.4 is 4.74 Å². The van der Waals surface area contributed by atoms with Crippen LogP contribution >= 0.6 is 12.2 Å². The molecule has 0 spiro atoms. The van der Waals surface area contributed by atoms with Gasteiger partial charge in [-0.15, -0.1) is 0 Å². The fourth-order valence-electron chi connectivity index (χ4n) is 2.66. The molecule has 0 saturated heterocycles. The van der Waals surface area contributed by atoms with Crippen molar-refractivity contribution in [3.63, 3.8) is 0 Å². The van der Waals surface area contributed by atoms with Crippen LogP contribution in [0.3, 0.4) is 0 Å². The number of hydrogen-bond donors (Lipinski definition) is 2. The first-order valence-corrected chi connectivity index (χ1v) is 9.42. The lowest BCUT2D eigenvalue weighted by molar-refractivity contribution is -0.139. The molecule has 0 aliphatic heterocycles. The van der Waals surface area contributed by atoms with Gasteiger partial charge in [0.25, 0.3) is 0 Å². The number of hydrogen-bond acceptors (Lipinski definition) is 5. The average molecular weight is 410 g/mol. The Morgan fingerprint density at radius 2 is 2.00 bits per heavy atom. The third-order valence-corrected chi connectivity index (χ3v) is 4.47. The van der Waals surface area contributed by atoms with Gasteiger partial charge in [-0.1, -0.05) is 57.2 Å². The molecule has 0 radical (unpaired) electrons. The molecule has 1 aromatic heterocycles. The summed E-state index contributed by atoms with van der Waals surface area (Å²) in [6, 6.07) is 15.1. The molecule has 0 aliphatic carbocycles. The Bertz CT molecular complexity index is 1090. The van der Waals surface area contributed by atoms with Gasteiger partial charge in [0.1, 0.15) is 5.75 Å². The lowest BCUT2D eigenvalue weighted by Crippen LogP contribution is -2.10. The molecular formula is C21H22N4O3S. The first-order valence-electron chi connectivity index (χ1n) is 9.01. The molecule has 8 heteroatoms. The van der Waals surface area contributed by atoms with Gasteiger partial charge in [0.2, 0.25) is 4.77 Å². The highest BCUT2D eigenvalue weighted by molar-refractivity contribution is 7.71. The van der Waals surface area contributed by atoms with E-state index in [9.17, 15) is 4.79 Å². The predicted octanol–water partition coefficient (Wildman–Crippen LogP) is 4.25. The van der Waals surface area contributed by atoms with Crippen molar-refractivity contribution in [2.24, 2.45) is 5.10 Å². The molecule has 29 heavy (non-hydrogen) atoms. The van der Waals surface area contributed by atoms with Gasteiger partial charge in [0.15, 0.2) is 12.4 Å². The predicted molar refractivity (Wildman–Crippen MR) is 114 cm³/mol. The Labute approximate surface area is 173 Å². The van der Waals surface area contributed by atoms with Gasteiger partial charge in [-0.25, -0.2) is 9.89 Å². The summed E-state index contributed by atoms with van der Waals surface area (Å²) in [5, 5.41) is 20.2. The van der Waals surface area contributed by atoms with Crippen LogP contribution in [0.4, 0.5) is 0 Å². The van der Waals surface area contributed by atoms with Gasteiger partial charge in [-0.3, -0.25) is 0 Å². The van der Waals surface area contributed by atoms with Gasteiger partial charge in [-0.05, 0) is 40.9 Å². The number of aliphatic carboxylic acids is 1. The number of carbonyl (C=O) groups is 1. The number of nitrogens with zero attached hydrogens (tertiary/aromatic N) is 3. The minimum atomic E-state index is -1.03. The number of nitrogens with one attached hydrogen (secondary N) is 1. The molecule has 0 saturated carbocycles. The lowest BCUT2D eigenvalue weighted by Gasteiger charge is -2.18. The van der Waals surface area contributed by atoms with Crippen molar-refractivity contribution in [2.75, 3.05) is 6.61 Å². The molecule has 0 atom stereocenters. The number of benzene rings is 2. The molecule has 2 aromatic carbocycles. The molecule has 0 bridgehead atoms. The van der Waals surface area contributed by atoms with E-state index in [4.69, 9.17) is 22.1 Å². The zero-order valence-electron chi connectivity index (χ0n) is 16.4. The second kappa shape index (κ2) is 8.40. The summed E-state index contributed by atoms with van der Waals surface area (Å²) < 4.78 is 7.11. The van der Waals surface area contributed by atoms with E-state index in [1.807, 2.05) is 18.2 Å². The molecule has 0 fully saturated rings. The van der Waals surface area contributed by atoms with E-state index in [1.165, 1.54) is 5.56 Å². The summed E-state index contributed by atoms with van der Waals surface area (Å²) in [5.41, 5.74) is 2.92. The first-order chi connectivity index (χ1) is 13.7. The van der Waals surface area contributed by atoms with E-state index in [1.54, 1.807) is 29.1 Å². The molecule has 0 amide bonds. The molecule has 2 N–H and O–H groups in total. The quantitative estimate of drug-likeness (QED) is 0.468. The second-order valence-electron chi connectivity index (χ2n) is 7.49. The Kier molecular flexibility index (Phi) is 5.93. The van der Waals surface area contributed by atoms with Crippen LogP contribution in [-0.2, 0) is 10.2 Å². The van der Waals surface area contributed by atoms with Crippen LogP contribution in [-0.4, -0.2) is 38.8 Å². The zero-order chi connectivity index (χ0) is 21.0.